The summed E-state index contributed by atoms with van der Waals surface area (Å²) in [5, 5.41) is 5.70. The number of rotatable bonds is 5. The van der Waals surface area contributed by atoms with Crippen LogP contribution in [0.3, 0.4) is 0 Å². The van der Waals surface area contributed by atoms with Crippen molar-refractivity contribution in [3.63, 3.8) is 0 Å². The zero-order valence-electron chi connectivity index (χ0n) is 19.9. The van der Waals surface area contributed by atoms with Crippen LogP contribution >= 0.6 is 0 Å². The Balaban J connectivity index is 1.45. The van der Waals surface area contributed by atoms with Crippen LogP contribution in [-0.2, 0) is 0 Å². The lowest BCUT2D eigenvalue weighted by Gasteiger charge is -2.21. The van der Waals surface area contributed by atoms with E-state index in [0.29, 0.717) is 11.4 Å². The molecule has 1 aliphatic rings. The highest BCUT2D eigenvalue weighted by Crippen LogP contribution is 2.31. The summed E-state index contributed by atoms with van der Waals surface area (Å²) in [4.78, 5) is 26.6. The van der Waals surface area contributed by atoms with Crippen LogP contribution in [0, 0.1) is 6.92 Å². The van der Waals surface area contributed by atoms with Gasteiger partial charge in [0, 0.05) is 24.5 Å². The minimum atomic E-state index is -0.243. The number of benzene rings is 2. The molecule has 8 nitrogen and oxygen atoms in total. The van der Waals surface area contributed by atoms with Crippen LogP contribution in [-0.4, -0.2) is 65.0 Å². The van der Waals surface area contributed by atoms with E-state index in [1.807, 2.05) is 43.3 Å². The Kier molecular flexibility index (Phi) is 5.75. The van der Waals surface area contributed by atoms with Crippen LogP contribution in [0.2, 0.25) is 0 Å². The van der Waals surface area contributed by atoms with Gasteiger partial charge in [-0.3, -0.25) is 4.79 Å². The fourth-order valence-corrected chi connectivity index (χ4v) is 4.59. The first-order valence-corrected chi connectivity index (χ1v) is 11.4. The molecule has 8 heteroatoms. The van der Waals surface area contributed by atoms with E-state index in [4.69, 9.17) is 4.74 Å². The fourth-order valence-electron chi connectivity index (χ4n) is 4.59. The number of nitrogens with zero attached hydrogens (tertiary/aromatic N) is 6. The number of likely N-dealkylation sites (N-methyl/N-ethyl adjacent to an activating group) is 1. The van der Waals surface area contributed by atoms with Gasteiger partial charge < -0.3 is 14.5 Å². The van der Waals surface area contributed by atoms with Gasteiger partial charge in [0.05, 0.1) is 36.8 Å². The van der Waals surface area contributed by atoms with Crippen LogP contribution < -0.4 is 15.2 Å². The van der Waals surface area contributed by atoms with Gasteiger partial charge in [-0.05, 0) is 62.3 Å². The van der Waals surface area contributed by atoms with Gasteiger partial charge in [-0.1, -0.05) is 18.2 Å². The quantitative estimate of drug-likeness (QED) is 0.456. The van der Waals surface area contributed by atoms with Crippen molar-refractivity contribution in [1.29, 1.82) is 0 Å². The first-order valence-electron chi connectivity index (χ1n) is 11.4. The topological polar surface area (TPSA) is 76.4 Å². The number of methoxy groups -OCH3 is 1. The van der Waals surface area contributed by atoms with Gasteiger partial charge in [0.15, 0.2) is 0 Å². The smallest absolute Gasteiger partial charge is 0.282 e. The minimum Gasteiger partial charge on any atom is -0.496 e. The lowest BCUT2D eigenvalue weighted by Crippen LogP contribution is -2.31. The normalized spacial score (nSPS) is 15.9. The van der Waals surface area contributed by atoms with Crippen molar-refractivity contribution in [2.45, 2.75) is 19.4 Å². The molecule has 0 spiro atoms. The second-order valence-corrected chi connectivity index (χ2v) is 8.89. The standard InChI is InChI=1S/C26H28N6O2/c1-17-22(6-5-7-24(17)34-4)18-8-9-23-19(12-18)13-29-32(25(23)33)26-27-14-21(15-28-26)31-11-10-20(16-31)30(2)3/h5-9,12-15,20H,10-11,16H2,1-4H3. The average Bonchev–Trinajstić information content (AvgIpc) is 3.35. The molecule has 0 radical (unpaired) electrons. The summed E-state index contributed by atoms with van der Waals surface area (Å²) in [5.41, 5.74) is 3.83. The van der Waals surface area contributed by atoms with E-state index in [-0.39, 0.29) is 11.5 Å². The summed E-state index contributed by atoms with van der Waals surface area (Å²) in [5.74, 6) is 1.10. The van der Waals surface area contributed by atoms with Gasteiger partial charge in [-0.2, -0.15) is 9.78 Å². The molecule has 1 saturated heterocycles. The highest BCUT2D eigenvalue weighted by molar-refractivity contribution is 5.87. The predicted molar refractivity (Wildman–Crippen MR) is 134 cm³/mol. The molecular weight excluding hydrogens is 428 g/mol. The van der Waals surface area contributed by atoms with Crippen LogP contribution in [0.5, 0.6) is 5.75 Å². The molecule has 1 aliphatic heterocycles. The lowest BCUT2D eigenvalue weighted by atomic mass is 9.98. The number of hydrogen-bond acceptors (Lipinski definition) is 7. The summed E-state index contributed by atoms with van der Waals surface area (Å²) < 4.78 is 6.71. The average molecular weight is 457 g/mol. The number of fused-ring (bicyclic) bond motifs is 1. The number of ether oxygens (including phenoxy) is 1. The van der Waals surface area contributed by atoms with Gasteiger partial charge in [0.25, 0.3) is 11.5 Å². The van der Waals surface area contributed by atoms with Crippen LogP contribution in [0.15, 0.2) is 59.8 Å². The van der Waals surface area contributed by atoms with Crippen LogP contribution in [0.4, 0.5) is 5.69 Å². The largest absolute Gasteiger partial charge is 0.496 e. The zero-order chi connectivity index (χ0) is 23.8. The molecule has 5 rings (SSSR count). The van der Waals surface area contributed by atoms with E-state index in [1.165, 1.54) is 4.68 Å². The third-order valence-electron chi connectivity index (χ3n) is 6.67. The molecule has 2 aromatic carbocycles. The summed E-state index contributed by atoms with van der Waals surface area (Å²) >= 11 is 0. The highest BCUT2D eigenvalue weighted by Gasteiger charge is 2.24. The molecule has 3 heterocycles. The van der Waals surface area contributed by atoms with Gasteiger partial charge in [-0.15, -0.1) is 0 Å². The summed E-state index contributed by atoms with van der Waals surface area (Å²) in [7, 11) is 5.87. The Morgan fingerprint density at radius 3 is 2.59 bits per heavy atom. The van der Waals surface area contributed by atoms with Crippen molar-refractivity contribution in [3.8, 4) is 22.8 Å². The van der Waals surface area contributed by atoms with Crippen molar-refractivity contribution in [3.05, 3.63) is 70.9 Å². The van der Waals surface area contributed by atoms with Crippen molar-refractivity contribution < 1.29 is 4.74 Å². The van der Waals surface area contributed by atoms with Crippen molar-refractivity contribution in [2.75, 3.05) is 39.2 Å². The molecule has 0 bridgehead atoms. The molecule has 0 saturated carbocycles. The lowest BCUT2D eigenvalue weighted by molar-refractivity contribution is 0.315. The highest BCUT2D eigenvalue weighted by atomic mass is 16.5. The molecule has 1 fully saturated rings. The SMILES string of the molecule is COc1cccc(-c2ccc3c(=O)n(-c4ncc(N5CCC(N(C)C)C5)cn4)ncc3c2)c1C. The molecule has 1 atom stereocenters. The van der Waals surface area contributed by atoms with Crippen LogP contribution in [0.25, 0.3) is 27.8 Å². The van der Waals surface area contributed by atoms with Gasteiger partial charge in [0.1, 0.15) is 5.75 Å². The Hall–Kier alpha value is -3.78. The summed E-state index contributed by atoms with van der Waals surface area (Å²) in [6.45, 7) is 3.94. The molecule has 174 valence electrons. The zero-order valence-corrected chi connectivity index (χ0v) is 19.9. The Morgan fingerprint density at radius 1 is 1.09 bits per heavy atom. The van der Waals surface area contributed by atoms with Gasteiger partial charge >= 0.3 is 0 Å². The molecule has 1 unspecified atom stereocenters. The van der Waals surface area contributed by atoms with E-state index in [1.54, 1.807) is 25.7 Å². The summed E-state index contributed by atoms with van der Waals surface area (Å²) in [6.07, 6.45) is 6.34. The molecular formula is C26H28N6O2. The van der Waals surface area contributed by atoms with Crippen molar-refractivity contribution in [1.82, 2.24) is 24.6 Å². The van der Waals surface area contributed by atoms with Gasteiger partial charge in [0.2, 0.25) is 0 Å². The molecule has 0 N–H and O–H groups in total. The second kappa shape index (κ2) is 8.87. The van der Waals surface area contributed by atoms with Crippen molar-refractivity contribution in [2.24, 2.45) is 0 Å². The first kappa shape index (κ1) is 22.0. The minimum absolute atomic E-state index is 0.243. The first-order chi connectivity index (χ1) is 16.5. The summed E-state index contributed by atoms with van der Waals surface area (Å²) in [6, 6.07) is 12.2. The van der Waals surface area contributed by atoms with Gasteiger partial charge in [-0.25, -0.2) is 9.97 Å². The van der Waals surface area contributed by atoms with Crippen LogP contribution in [0.1, 0.15) is 12.0 Å². The van der Waals surface area contributed by atoms with E-state index in [2.05, 4.69) is 39.0 Å². The van der Waals surface area contributed by atoms with E-state index in [0.717, 1.165) is 53.0 Å². The third kappa shape index (κ3) is 3.90. The fraction of sp³-hybridized carbons (Fsp3) is 0.308. The van der Waals surface area contributed by atoms with Crippen molar-refractivity contribution >= 4 is 16.5 Å². The molecule has 0 amide bonds. The maximum atomic E-state index is 13.2. The number of hydrogen-bond donors (Lipinski definition) is 0. The Labute approximate surface area is 198 Å². The predicted octanol–water partition coefficient (Wildman–Crippen LogP) is 3.30. The molecule has 34 heavy (non-hydrogen) atoms. The second-order valence-electron chi connectivity index (χ2n) is 8.89. The maximum absolute atomic E-state index is 13.2. The Bertz CT molecular complexity index is 1400. The monoisotopic (exact) mass is 456 g/mol. The number of aromatic nitrogens is 4. The molecule has 0 aliphatic carbocycles. The Morgan fingerprint density at radius 2 is 1.88 bits per heavy atom. The number of anilines is 1. The van der Waals surface area contributed by atoms with E-state index < -0.39 is 0 Å². The molecule has 4 aromatic rings. The maximum Gasteiger partial charge on any atom is 0.282 e. The molecule has 2 aromatic heterocycles. The van der Waals surface area contributed by atoms with E-state index in [9.17, 15) is 4.79 Å². The van der Waals surface area contributed by atoms with E-state index >= 15 is 0 Å². The third-order valence-corrected chi connectivity index (χ3v) is 6.67.